The third-order valence-electron chi connectivity index (χ3n) is 1.17. The van der Waals surface area contributed by atoms with Crippen molar-refractivity contribution in [2.45, 2.75) is 19.9 Å². The second-order valence-electron chi connectivity index (χ2n) is 2.24. The Labute approximate surface area is 53.3 Å². The van der Waals surface area contributed by atoms with Crippen LogP contribution in [0.5, 0.6) is 0 Å². The van der Waals surface area contributed by atoms with Gasteiger partial charge in [0.05, 0.1) is 12.5 Å². The number of aromatic nitrogens is 2. The van der Waals surface area contributed by atoms with E-state index in [9.17, 15) is 4.39 Å². The quantitative estimate of drug-likeness (QED) is 0.561. The van der Waals surface area contributed by atoms with Gasteiger partial charge in [0.15, 0.2) is 0 Å². The molecule has 9 heavy (non-hydrogen) atoms. The number of hydrogen-bond acceptors (Lipinski definition) is 1. The topological polar surface area (TPSA) is 17.8 Å². The van der Waals surface area contributed by atoms with E-state index < -0.39 is 5.95 Å². The van der Waals surface area contributed by atoms with E-state index in [0.29, 0.717) is 6.04 Å². The first-order chi connectivity index (χ1) is 4.20. The first kappa shape index (κ1) is 6.26. The van der Waals surface area contributed by atoms with Gasteiger partial charge in [-0.05, 0) is 13.8 Å². The van der Waals surface area contributed by atoms with Crippen LogP contribution in [0.4, 0.5) is 4.39 Å². The Kier molecular flexibility index (Phi) is 1.51. The van der Waals surface area contributed by atoms with Gasteiger partial charge in [0, 0.05) is 6.04 Å². The summed E-state index contributed by atoms with van der Waals surface area (Å²) in [5.41, 5.74) is 0. The molecule has 0 atom stereocenters. The van der Waals surface area contributed by atoms with E-state index in [2.05, 4.69) is 4.98 Å². The summed E-state index contributed by atoms with van der Waals surface area (Å²) in [4.78, 5) is 3.43. The highest BCUT2D eigenvalue weighted by Crippen LogP contribution is 2.02. The molecule has 0 aliphatic carbocycles. The van der Waals surface area contributed by atoms with Gasteiger partial charge in [0.1, 0.15) is 0 Å². The summed E-state index contributed by atoms with van der Waals surface area (Å²) >= 11 is 0. The molecule has 0 saturated carbocycles. The van der Waals surface area contributed by atoms with E-state index in [1.165, 1.54) is 12.5 Å². The van der Waals surface area contributed by atoms with Gasteiger partial charge in [0.25, 0.3) is 0 Å². The summed E-state index contributed by atoms with van der Waals surface area (Å²) in [6.07, 6.45) is 2.87. The Hall–Kier alpha value is -0.860. The molecule has 0 saturated heterocycles. The predicted molar refractivity (Wildman–Crippen MR) is 32.6 cm³/mol. The molecule has 0 spiro atoms. The molecule has 0 bridgehead atoms. The van der Waals surface area contributed by atoms with Gasteiger partial charge in [0.2, 0.25) is 5.95 Å². The van der Waals surface area contributed by atoms with Crippen molar-refractivity contribution < 1.29 is 4.39 Å². The standard InChI is InChI=1S/C6H9FN2/c1-5(2)9-3-6(7)8-4-9/h3-5H,1-2H3. The van der Waals surface area contributed by atoms with Crippen LogP contribution in [0.3, 0.4) is 0 Å². The number of nitrogens with zero attached hydrogens (tertiary/aromatic N) is 2. The van der Waals surface area contributed by atoms with Crippen molar-refractivity contribution in [3.63, 3.8) is 0 Å². The Morgan fingerprint density at radius 1 is 1.67 bits per heavy atom. The van der Waals surface area contributed by atoms with Crippen LogP contribution in [0.15, 0.2) is 12.5 Å². The highest BCUT2D eigenvalue weighted by atomic mass is 19.1. The van der Waals surface area contributed by atoms with Gasteiger partial charge in [-0.1, -0.05) is 0 Å². The van der Waals surface area contributed by atoms with E-state index in [-0.39, 0.29) is 0 Å². The number of rotatable bonds is 1. The molecule has 0 aliphatic heterocycles. The largest absolute Gasteiger partial charge is 0.332 e. The molecule has 1 aromatic rings. The zero-order valence-corrected chi connectivity index (χ0v) is 5.50. The number of halogens is 1. The van der Waals surface area contributed by atoms with Crippen molar-refractivity contribution in [2.75, 3.05) is 0 Å². The first-order valence-electron chi connectivity index (χ1n) is 2.89. The van der Waals surface area contributed by atoms with Crippen LogP contribution in [0.1, 0.15) is 19.9 Å². The lowest BCUT2D eigenvalue weighted by molar-refractivity contribution is 0.570. The Balaban J connectivity index is 2.85. The van der Waals surface area contributed by atoms with Gasteiger partial charge < -0.3 is 4.57 Å². The summed E-state index contributed by atoms with van der Waals surface area (Å²) < 4.78 is 13.9. The van der Waals surface area contributed by atoms with E-state index in [1.54, 1.807) is 4.57 Å². The summed E-state index contributed by atoms with van der Waals surface area (Å²) in [6.45, 7) is 3.95. The van der Waals surface area contributed by atoms with Crippen molar-refractivity contribution in [3.05, 3.63) is 18.5 Å². The lowest BCUT2D eigenvalue weighted by Crippen LogP contribution is -1.95. The molecule has 2 nitrogen and oxygen atoms in total. The van der Waals surface area contributed by atoms with E-state index in [1.807, 2.05) is 13.8 Å². The third kappa shape index (κ3) is 1.28. The minimum absolute atomic E-state index is 0.294. The summed E-state index contributed by atoms with van der Waals surface area (Å²) in [7, 11) is 0. The van der Waals surface area contributed by atoms with Gasteiger partial charge in [-0.3, -0.25) is 0 Å². The molecule has 1 aromatic heterocycles. The molecule has 0 unspecified atom stereocenters. The molecule has 0 aromatic carbocycles. The number of imidazole rings is 1. The van der Waals surface area contributed by atoms with E-state index >= 15 is 0 Å². The predicted octanol–water partition coefficient (Wildman–Crippen LogP) is 1.60. The molecule has 1 rings (SSSR count). The second kappa shape index (κ2) is 2.17. The van der Waals surface area contributed by atoms with Crippen LogP contribution in [-0.2, 0) is 0 Å². The molecule has 3 heteroatoms. The molecule has 50 valence electrons. The lowest BCUT2D eigenvalue weighted by atomic mass is 10.4. The smallest absolute Gasteiger partial charge is 0.230 e. The lowest BCUT2D eigenvalue weighted by Gasteiger charge is -2.02. The van der Waals surface area contributed by atoms with Crippen molar-refractivity contribution in [2.24, 2.45) is 0 Å². The van der Waals surface area contributed by atoms with Crippen molar-refractivity contribution >= 4 is 0 Å². The Morgan fingerprint density at radius 2 is 2.33 bits per heavy atom. The Morgan fingerprint density at radius 3 is 2.56 bits per heavy atom. The maximum absolute atomic E-state index is 12.2. The summed E-state index contributed by atoms with van der Waals surface area (Å²) in [5, 5.41) is 0. The Bertz CT molecular complexity index is 193. The molecule has 1 heterocycles. The highest BCUT2D eigenvalue weighted by Gasteiger charge is 1.97. The molecule has 0 radical (unpaired) electrons. The fourth-order valence-electron chi connectivity index (χ4n) is 0.594. The molecule has 0 aliphatic rings. The molecular weight excluding hydrogens is 119 g/mol. The minimum atomic E-state index is -0.413. The van der Waals surface area contributed by atoms with Gasteiger partial charge in [-0.15, -0.1) is 0 Å². The molecule has 0 N–H and O–H groups in total. The zero-order chi connectivity index (χ0) is 6.85. The third-order valence-corrected chi connectivity index (χ3v) is 1.17. The van der Waals surface area contributed by atoms with E-state index in [4.69, 9.17) is 0 Å². The number of hydrogen-bond donors (Lipinski definition) is 0. The van der Waals surface area contributed by atoms with Crippen LogP contribution in [0.25, 0.3) is 0 Å². The van der Waals surface area contributed by atoms with Gasteiger partial charge >= 0.3 is 0 Å². The monoisotopic (exact) mass is 128 g/mol. The second-order valence-corrected chi connectivity index (χ2v) is 2.24. The maximum Gasteiger partial charge on any atom is 0.230 e. The zero-order valence-electron chi connectivity index (χ0n) is 5.50. The summed E-state index contributed by atoms with van der Waals surface area (Å²) in [5.74, 6) is -0.413. The normalized spacial score (nSPS) is 10.7. The average molecular weight is 128 g/mol. The van der Waals surface area contributed by atoms with Crippen LogP contribution in [0, 0.1) is 5.95 Å². The van der Waals surface area contributed by atoms with Gasteiger partial charge in [-0.2, -0.15) is 4.39 Å². The fraction of sp³-hybridized carbons (Fsp3) is 0.500. The SMILES string of the molecule is CC(C)n1cnc(F)c1. The summed E-state index contributed by atoms with van der Waals surface area (Å²) in [6, 6.07) is 0.294. The average Bonchev–Trinajstić information content (AvgIpc) is 2.14. The molecule has 0 amide bonds. The van der Waals surface area contributed by atoms with Crippen molar-refractivity contribution in [1.29, 1.82) is 0 Å². The van der Waals surface area contributed by atoms with Crippen LogP contribution >= 0.6 is 0 Å². The molecule has 0 fully saturated rings. The van der Waals surface area contributed by atoms with Crippen molar-refractivity contribution in [1.82, 2.24) is 9.55 Å². The maximum atomic E-state index is 12.2. The minimum Gasteiger partial charge on any atom is -0.332 e. The van der Waals surface area contributed by atoms with Crippen LogP contribution in [-0.4, -0.2) is 9.55 Å². The van der Waals surface area contributed by atoms with Crippen LogP contribution < -0.4 is 0 Å². The van der Waals surface area contributed by atoms with Crippen LogP contribution in [0.2, 0.25) is 0 Å². The molecular formula is C6H9FN2. The highest BCUT2D eigenvalue weighted by molar-refractivity contribution is 4.80. The van der Waals surface area contributed by atoms with E-state index in [0.717, 1.165) is 0 Å². The van der Waals surface area contributed by atoms with Gasteiger partial charge in [-0.25, -0.2) is 4.98 Å². The fourth-order valence-corrected chi connectivity index (χ4v) is 0.594. The van der Waals surface area contributed by atoms with Crippen molar-refractivity contribution in [3.8, 4) is 0 Å². The first-order valence-corrected chi connectivity index (χ1v) is 2.89.